The number of nitrogens with two attached hydrogens (primary N) is 1. The van der Waals surface area contributed by atoms with Crippen molar-refractivity contribution in [2.75, 3.05) is 0 Å². The first kappa shape index (κ1) is 10.9. The molecule has 1 aliphatic heterocycles. The normalized spacial score (nSPS) is 19.1. The lowest BCUT2D eigenvalue weighted by Gasteiger charge is -2.18. The first-order valence-electron chi connectivity index (χ1n) is 5.71. The summed E-state index contributed by atoms with van der Waals surface area (Å²) in [5.74, 6) is 1.75. The quantitative estimate of drug-likeness (QED) is 0.879. The predicted molar refractivity (Wildman–Crippen MR) is 69.3 cm³/mol. The zero-order chi connectivity index (χ0) is 11.8. The lowest BCUT2D eigenvalue weighted by Crippen LogP contribution is -2.25. The van der Waals surface area contributed by atoms with Crippen LogP contribution in [-0.4, -0.2) is 14.8 Å². The van der Waals surface area contributed by atoms with Crippen molar-refractivity contribution in [3.63, 3.8) is 0 Å². The highest BCUT2D eigenvalue weighted by atomic mass is 79.9. The fraction of sp³-hybridized carbons (Fsp3) is 0.333. The lowest BCUT2D eigenvalue weighted by molar-refractivity contribution is 0.373. The minimum absolute atomic E-state index is 0.0255. The summed E-state index contributed by atoms with van der Waals surface area (Å²) in [4.78, 5) is 4.57. The van der Waals surface area contributed by atoms with Crippen LogP contribution in [0.5, 0.6) is 0 Å². The molecule has 17 heavy (non-hydrogen) atoms. The van der Waals surface area contributed by atoms with Gasteiger partial charge in [0.05, 0.1) is 0 Å². The second kappa shape index (κ2) is 4.23. The van der Waals surface area contributed by atoms with Crippen LogP contribution >= 0.6 is 15.9 Å². The summed E-state index contributed by atoms with van der Waals surface area (Å²) in [6.45, 7) is 0. The highest BCUT2D eigenvalue weighted by Gasteiger charge is 2.21. The monoisotopic (exact) mass is 292 g/mol. The van der Waals surface area contributed by atoms with Crippen LogP contribution in [0.2, 0.25) is 0 Å². The van der Waals surface area contributed by atoms with Gasteiger partial charge in [0.25, 0.3) is 0 Å². The molecule has 1 unspecified atom stereocenters. The second-order valence-electron chi connectivity index (χ2n) is 4.24. The fourth-order valence-corrected chi connectivity index (χ4v) is 2.60. The summed E-state index contributed by atoms with van der Waals surface area (Å²) in [6.07, 6.45) is 3.01. The molecule has 5 heteroatoms. The van der Waals surface area contributed by atoms with Crippen LogP contribution in [0.4, 0.5) is 0 Å². The van der Waals surface area contributed by atoms with Gasteiger partial charge < -0.3 is 5.73 Å². The van der Waals surface area contributed by atoms with E-state index >= 15 is 0 Å². The number of nitrogens with zero attached hydrogens (tertiary/aromatic N) is 3. The molecule has 3 rings (SSSR count). The maximum absolute atomic E-state index is 6.02. The van der Waals surface area contributed by atoms with Crippen molar-refractivity contribution >= 4 is 15.9 Å². The molecule has 0 bridgehead atoms. The molecule has 1 aliphatic rings. The molecular weight excluding hydrogens is 280 g/mol. The summed E-state index contributed by atoms with van der Waals surface area (Å²) < 4.78 is 2.87. The largest absolute Gasteiger partial charge is 0.310 e. The summed E-state index contributed by atoms with van der Waals surface area (Å²) in [5, 5.41) is 4.51. The number of rotatable bonds is 1. The van der Waals surface area contributed by atoms with Crippen LogP contribution in [0.25, 0.3) is 11.4 Å². The van der Waals surface area contributed by atoms with E-state index in [1.54, 1.807) is 0 Å². The van der Waals surface area contributed by atoms with E-state index < -0.39 is 0 Å². The van der Waals surface area contributed by atoms with Crippen molar-refractivity contribution in [3.8, 4) is 11.4 Å². The molecule has 2 heterocycles. The van der Waals surface area contributed by atoms with Gasteiger partial charge in [0, 0.05) is 16.5 Å². The van der Waals surface area contributed by atoms with E-state index in [0.29, 0.717) is 0 Å². The summed E-state index contributed by atoms with van der Waals surface area (Å²) >= 11 is 3.52. The Balaban J connectivity index is 2.08. The maximum atomic E-state index is 6.02. The van der Waals surface area contributed by atoms with Gasteiger partial charge in [-0.3, -0.25) is 0 Å². The van der Waals surface area contributed by atoms with Crippen LogP contribution < -0.4 is 5.73 Å². The van der Waals surface area contributed by atoms with Crippen molar-refractivity contribution in [1.82, 2.24) is 14.8 Å². The minimum Gasteiger partial charge on any atom is -0.310 e. The van der Waals surface area contributed by atoms with Gasteiger partial charge in [-0.15, -0.1) is 5.10 Å². The van der Waals surface area contributed by atoms with Crippen molar-refractivity contribution in [1.29, 1.82) is 0 Å². The average Bonchev–Trinajstić information content (AvgIpc) is 2.75. The van der Waals surface area contributed by atoms with Crippen LogP contribution in [0.3, 0.4) is 0 Å². The summed E-state index contributed by atoms with van der Waals surface area (Å²) in [6, 6.07) is 7.97. The first-order chi connectivity index (χ1) is 8.25. The van der Waals surface area contributed by atoms with Crippen LogP contribution in [0.15, 0.2) is 28.7 Å². The molecule has 0 amide bonds. The third kappa shape index (κ3) is 1.89. The van der Waals surface area contributed by atoms with E-state index in [1.807, 2.05) is 28.9 Å². The van der Waals surface area contributed by atoms with Crippen molar-refractivity contribution in [3.05, 3.63) is 34.6 Å². The van der Waals surface area contributed by atoms with Gasteiger partial charge in [0.2, 0.25) is 0 Å². The van der Waals surface area contributed by atoms with Crippen molar-refractivity contribution < 1.29 is 0 Å². The highest BCUT2D eigenvalue weighted by Crippen LogP contribution is 2.28. The van der Waals surface area contributed by atoms with Gasteiger partial charge in [-0.1, -0.05) is 28.1 Å². The smallest absolute Gasteiger partial charge is 0.182 e. The molecule has 0 saturated heterocycles. The van der Waals surface area contributed by atoms with Gasteiger partial charge in [-0.05, 0) is 25.0 Å². The topological polar surface area (TPSA) is 56.7 Å². The van der Waals surface area contributed by atoms with E-state index in [0.717, 1.165) is 40.9 Å². The molecule has 4 nitrogen and oxygen atoms in total. The second-order valence-corrected chi connectivity index (χ2v) is 5.09. The molecule has 0 fully saturated rings. The van der Waals surface area contributed by atoms with E-state index in [1.165, 1.54) is 0 Å². The Hall–Kier alpha value is -1.20. The lowest BCUT2D eigenvalue weighted by atomic mass is 10.1. The Morgan fingerprint density at radius 1 is 1.35 bits per heavy atom. The maximum Gasteiger partial charge on any atom is 0.182 e. The van der Waals surface area contributed by atoms with Gasteiger partial charge in [-0.2, -0.15) is 0 Å². The molecule has 2 N–H and O–H groups in total. The number of hydrogen-bond acceptors (Lipinski definition) is 3. The van der Waals surface area contributed by atoms with Gasteiger partial charge in [-0.25, -0.2) is 9.67 Å². The Kier molecular flexibility index (Phi) is 2.72. The Labute approximate surface area is 108 Å². The molecule has 0 aliphatic carbocycles. The van der Waals surface area contributed by atoms with E-state index in [-0.39, 0.29) is 6.17 Å². The molecule has 0 radical (unpaired) electrons. The number of fused-ring (bicyclic) bond motifs is 1. The Morgan fingerprint density at radius 3 is 2.94 bits per heavy atom. The third-order valence-electron chi connectivity index (χ3n) is 3.03. The van der Waals surface area contributed by atoms with Gasteiger partial charge in [0.15, 0.2) is 5.82 Å². The predicted octanol–water partition coefficient (Wildman–Crippen LogP) is 2.50. The number of aryl methyl sites for hydroxylation is 1. The van der Waals surface area contributed by atoms with Gasteiger partial charge in [0.1, 0.15) is 12.0 Å². The number of hydrogen-bond donors (Lipinski definition) is 1. The number of halogens is 1. The number of benzene rings is 1. The first-order valence-corrected chi connectivity index (χ1v) is 6.51. The van der Waals surface area contributed by atoms with Crippen molar-refractivity contribution in [2.45, 2.75) is 25.4 Å². The molecule has 1 aromatic heterocycles. The Bertz CT molecular complexity index is 549. The van der Waals surface area contributed by atoms with E-state index in [4.69, 9.17) is 5.73 Å². The third-order valence-corrected chi connectivity index (χ3v) is 3.72. The molecule has 0 saturated carbocycles. The van der Waals surface area contributed by atoms with Crippen LogP contribution in [-0.2, 0) is 6.42 Å². The van der Waals surface area contributed by atoms with Gasteiger partial charge >= 0.3 is 0 Å². The molecule has 2 aromatic rings. The van der Waals surface area contributed by atoms with E-state index in [2.05, 4.69) is 26.0 Å². The van der Waals surface area contributed by atoms with Crippen LogP contribution in [0.1, 0.15) is 24.8 Å². The Morgan fingerprint density at radius 2 is 2.18 bits per heavy atom. The van der Waals surface area contributed by atoms with Crippen molar-refractivity contribution in [2.24, 2.45) is 5.73 Å². The number of aromatic nitrogens is 3. The molecular formula is C12H13BrN4. The standard InChI is InChI=1S/C12H13BrN4/c13-9-5-2-1-4-8(9)12-15-11-7-3-6-10(14)17(11)16-12/h1-2,4-5,10H,3,6-7,14H2. The summed E-state index contributed by atoms with van der Waals surface area (Å²) in [7, 11) is 0. The average molecular weight is 293 g/mol. The zero-order valence-corrected chi connectivity index (χ0v) is 10.9. The molecule has 88 valence electrons. The highest BCUT2D eigenvalue weighted by molar-refractivity contribution is 9.10. The van der Waals surface area contributed by atoms with E-state index in [9.17, 15) is 0 Å². The molecule has 1 aromatic carbocycles. The zero-order valence-electron chi connectivity index (χ0n) is 9.31. The van der Waals surface area contributed by atoms with Crippen LogP contribution in [0, 0.1) is 0 Å². The molecule has 1 atom stereocenters. The SMILES string of the molecule is NC1CCCc2nc(-c3ccccc3Br)nn21. The minimum atomic E-state index is -0.0255. The summed E-state index contributed by atoms with van der Waals surface area (Å²) in [5.41, 5.74) is 7.04. The fourth-order valence-electron chi connectivity index (χ4n) is 2.14. The molecule has 0 spiro atoms.